The van der Waals surface area contributed by atoms with E-state index in [1.807, 2.05) is 18.2 Å². The van der Waals surface area contributed by atoms with Gasteiger partial charge in [0.05, 0.1) is 29.1 Å². The molecule has 0 aromatic heterocycles. The van der Waals surface area contributed by atoms with Crippen LogP contribution in [0.3, 0.4) is 0 Å². The fourth-order valence-electron chi connectivity index (χ4n) is 5.08. The average Bonchev–Trinajstić information content (AvgIpc) is 3.12. The van der Waals surface area contributed by atoms with Gasteiger partial charge in [0.15, 0.2) is 0 Å². The van der Waals surface area contributed by atoms with Gasteiger partial charge in [0.2, 0.25) is 0 Å². The zero-order chi connectivity index (χ0) is 37.0. The van der Waals surface area contributed by atoms with Gasteiger partial charge in [-0.25, -0.2) is 9.59 Å². The summed E-state index contributed by atoms with van der Waals surface area (Å²) in [5.74, 6) is -2.53. The van der Waals surface area contributed by atoms with Crippen molar-refractivity contribution in [3.63, 3.8) is 0 Å². The highest BCUT2D eigenvalue weighted by Crippen LogP contribution is 2.44. The number of carbonyl (C=O) groups excluding carboxylic acids is 2. The number of esters is 2. The predicted molar refractivity (Wildman–Crippen MR) is 176 cm³/mol. The number of nitro benzene ring substituents is 1. The van der Waals surface area contributed by atoms with E-state index in [0.717, 1.165) is 19.2 Å². The predicted octanol–water partition coefficient (Wildman–Crippen LogP) is 4.58. The number of hydrogen-bond donors (Lipinski definition) is 3. The lowest BCUT2D eigenvalue weighted by molar-refractivity contribution is -0.384. The Labute approximate surface area is 290 Å². The van der Waals surface area contributed by atoms with Gasteiger partial charge in [-0.3, -0.25) is 10.1 Å². The fourth-order valence-corrected chi connectivity index (χ4v) is 5.08. The van der Waals surface area contributed by atoms with Gasteiger partial charge < -0.3 is 39.4 Å². The zero-order valence-electron chi connectivity index (χ0n) is 27.6. The van der Waals surface area contributed by atoms with Crippen molar-refractivity contribution in [3.05, 3.63) is 117 Å². The minimum absolute atomic E-state index is 0.125. The highest BCUT2D eigenvalue weighted by molar-refractivity contribution is 6.00. The van der Waals surface area contributed by atoms with Crippen molar-refractivity contribution in [2.24, 2.45) is 0 Å². The number of aliphatic hydroxyl groups is 1. The van der Waals surface area contributed by atoms with Gasteiger partial charge in [0.25, 0.3) is 5.69 Å². The van der Waals surface area contributed by atoms with Gasteiger partial charge in [0, 0.05) is 30.9 Å². The summed E-state index contributed by atoms with van der Waals surface area (Å²) in [5, 5.41) is 26.7. The SMILES string of the molecule is COC(=O)C1=C(C(F)(F)F)NC(C)=C(C(=O)OCCOc2ccc(OCCNCC(O)COc3ccccc3)cc2)C1c1cccc([N+](=O)[O-])c1. The van der Waals surface area contributed by atoms with E-state index in [0.29, 0.717) is 36.9 Å². The number of dihydropyridines is 1. The number of aliphatic hydroxyl groups excluding tert-OH is 1. The van der Waals surface area contributed by atoms with Gasteiger partial charge >= 0.3 is 18.1 Å². The first-order chi connectivity index (χ1) is 24.4. The molecule has 2 atom stereocenters. The largest absolute Gasteiger partial charge is 0.492 e. The number of halogens is 3. The molecule has 0 aliphatic carbocycles. The molecule has 0 fully saturated rings. The minimum atomic E-state index is -5.06. The second kappa shape index (κ2) is 17.9. The number of methoxy groups -OCH3 is 1. The molecule has 0 saturated carbocycles. The number of alkyl halides is 3. The molecule has 0 amide bonds. The summed E-state index contributed by atoms with van der Waals surface area (Å²) < 4.78 is 69.1. The van der Waals surface area contributed by atoms with Crippen LogP contribution in [0.5, 0.6) is 17.2 Å². The van der Waals surface area contributed by atoms with Crippen molar-refractivity contribution >= 4 is 17.6 Å². The van der Waals surface area contributed by atoms with Crippen LogP contribution < -0.4 is 24.8 Å². The lowest BCUT2D eigenvalue weighted by atomic mass is 9.80. The number of allylic oxidation sites excluding steroid dienone is 2. The molecule has 51 heavy (non-hydrogen) atoms. The molecule has 2 unspecified atom stereocenters. The molecule has 0 bridgehead atoms. The monoisotopic (exact) mass is 715 g/mol. The summed E-state index contributed by atoms with van der Waals surface area (Å²) >= 11 is 0. The van der Waals surface area contributed by atoms with E-state index >= 15 is 0 Å². The number of rotatable bonds is 17. The lowest BCUT2D eigenvalue weighted by Crippen LogP contribution is -2.38. The van der Waals surface area contributed by atoms with Gasteiger partial charge in [-0.1, -0.05) is 30.3 Å². The molecule has 13 nitrogen and oxygen atoms in total. The maximum atomic E-state index is 14.1. The van der Waals surface area contributed by atoms with Crippen LogP contribution in [0.4, 0.5) is 18.9 Å². The molecule has 1 aliphatic rings. The minimum Gasteiger partial charge on any atom is -0.492 e. The summed E-state index contributed by atoms with van der Waals surface area (Å²) in [7, 11) is 0.878. The summed E-state index contributed by atoms with van der Waals surface area (Å²) in [5.41, 5.74) is -3.64. The maximum absolute atomic E-state index is 14.1. The van der Waals surface area contributed by atoms with E-state index in [9.17, 15) is 38.0 Å². The molecule has 3 N–H and O–H groups in total. The maximum Gasteiger partial charge on any atom is 0.431 e. The number of nitrogens with zero attached hydrogens (tertiary/aromatic N) is 1. The lowest BCUT2D eigenvalue weighted by Gasteiger charge is -2.31. The van der Waals surface area contributed by atoms with Crippen LogP contribution in [0.1, 0.15) is 18.4 Å². The first-order valence-electron chi connectivity index (χ1n) is 15.6. The van der Waals surface area contributed by atoms with Crippen LogP contribution in [0.15, 0.2) is 101 Å². The number of ether oxygens (including phenoxy) is 5. The van der Waals surface area contributed by atoms with E-state index < -0.39 is 52.0 Å². The van der Waals surface area contributed by atoms with E-state index in [-0.39, 0.29) is 36.7 Å². The highest BCUT2D eigenvalue weighted by atomic mass is 19.4. The normalized spacial score (nSPS) is 15.1. The van der Waals surface area contributed by atoms with Crippen molar-refractivity contribution in [2.75, 3.05) is 46.6 Å². The Balaban J connectivity index is 1.30. The van der Waals surface area contributed by atoms with Crippen molar-refractivity contribution < 1.29 is 56.5 Å². The van der Waals surface area contributed by atoms with Crippen LogP contribution in [0.25, 0.3) is 0 Å². The van der Waals surface area contributed by atoms with Gasteiger partial charge in [-0.05, 0) is 48.9 Å². The molecule has 0 saturated heterocycles. The third-order valence-corrected chi connectivity index (χ3v) is 7.41. The summed E-state index contributed by atoms with van der Waals surface area (Å²) in [6.45, 7) is 1.98. The molecule has 1 aliphatic heterocycles. The first kappa shape index (κ1) is 38.2. The number of hydrogen-bond acceptors (Lipinski definition) is 12. The van der Waals surface area contributed by atoms with Crippen LogP contribution >= 0.6 is 0 Å². The van der Waals surface area contributed by atoms with Crippen LogP contribution in [-0.4, -0.2) is 80.9 Å². The summed E-state index contributed by atoms with van der Waals surface area (Å²) in [6.07, 6.45) is -5.77. The second-order valence-corrected chi connectivity index (χ2v) is 11.0. The molecule has 0 radical (unpaired) electrons. The number of nitro groups is 1. The fraction of sp³-hybridized carbons (Fsp3) is 0.314. The van der Waals surface area contributed by atoms with Crippen LogP contribution in [0.2, 0.25) is 0 Å². The standard InChI is InChI=1S/C35H36F3N3O10/c1-22-29(30(23-7-6-8-24(19-23)41(45)46)31(33(43)47-2)32(40-22)35(36,37)38)34(44)50-18-17-49-28-13-11-27(12-14-28)48-16-15-39-20-25(42)21-51-26-9-4-3-5-10-26/h3-14,19,25,30,39-40,42H,15-18,20-21H2,1-2H3. The Morgan fingerprint density at radius 2 is 1.55 bits per heavy atom. The van der Waals surface area contributed by atoms with E-state index in [4.69, 9.17) is 18.9 Å². The van der Waals surface area contributed by atoms with Crippen LogP contribution in [-0.2, 0) is 19.1 Å². The Kier molecular flexibility index (Phi) is 13.4. The van der Waals surface area contributed by atoms with Gasteiger partial charge in [-0.15, -0.1) is 0 Å². The number of nitrogens with one attached hydrogen (secondary N) is 2. The summed E-state index contributed by atoms with van der Waals surface area (Å²) in [6, 6.07) is 20.3. The van der Waals surface area contributed by atoms with Gasteiger partial charge in [0.1, 0.15) is 55.5 Å². The Morgan fingerprint density at radius 1 is 0.902 bits per heavy atom. The van der Waals surface area contributed by atoms with Crippen molar-refractivity contribution in [3.8, 4) is 17.2 Å². The molecule has 3 aromatic carbocycles. The quantitative estimate of drug-likeness (QED) is 0.0772. The van der Waals surface area contributed by atoms with Gasteiger partial charge in [-0.2, -0.15) is 13.2 Å². The molecule has 1 heterocycles. The van der Waals surface area contributed by atoms with E-state index in [1.54, 1.807) is 36.4 Å². The Hall–Kier alpha value is -5.61. The first-order valence-corrected chi connectivity index (χ1v) is 15.6. The smallest absolute Gasteiger partial charge is 0.431 e. The van der Waals surface area contributed by atoms with Crippen molar-refractivity contribution in [2.45, 2.75) is 25.1 Å². The van der Waals surface area contributed by atoms with E-state index in [1.165, 1.54) is 19.1 Å². The molecule has 0 spiro atoms. The van der Waals surface area contributed by atoms with Crippen LogP contribution in [0, 0.1) is 10.1 Å². The molecular weight excluding hydrogens is 679 g/mol. The third-order valence-electron chi connectivity index (χ3n) is 7.41. The Morgan fingerprint density at radius 3 is 2.18 bits per heavy atom. The molecular formula is C35H36F3N3O10. The van der Waals surface area contributed by atoms with Crippen molar-refractivity contribution in [1.29, 1.82) is 0 Å². The third kappa shape index (κ3) is 10.7. The topological polar surface area (TPSA) is 168 Å². The number of non-ortho nitro benzene ring substituents is 1. The number of para-hydroxylation sites is 1. The number of carbonyl (C=O) groups is 2. The Bertz CT molecular complexity index is 1730. The van der Waals surface area contributed by atoms with Crippen molar-refractivity contribution in [1.82, 2.24) is 10.6 Å². The summed E-state index contributed by atoms with van der Waals surface area (Å²) in [4.78, 5) is 36.8. The molecule has 272 valence electrons. The van der Waals surface area contributed by atoms with E-state index in [2.05, 4.69) is 15.4 Å². The molecule has 3 aromatic rings. The second-order valence-electron chi connectivity index (χ2n) is 11.0. The average molecular weight is 716 g/mol. The zero-order valence-corrected chi connectivity index (χ0v) is 27.6. The number of benzene rings is 3. The molecule has 16 heteroatoms. The molecule has 4 rings (SSSR count). The highest BCUT2D eigenvalue weighted by Gasteiger charge is 2.47.